The van der Waals surface area contributed by atoms with Crippen molar-refractivity contribution >= 4 is 12.3 Å². The number of carbonyl (C=O) groups excluding carboxylic acids is 1. The van der Waals surface area contributed by atoms with Gasteiger partial charge in [0.25, 0.3) is 0 Å². The molecule has 16 heavy (non-hydrogen) atoms. The molecule has 0 aliphatic rings. The van der Waals surface area contributed by atoms with Crippen molar-refractivity contribution in [2.24, 2.45) is 5.10 Å². The average Bonchev–Trinajstić information content (AvgIpc) is 2.30. The summed E-state index contributed by atoms with van der Waals surface area (Å²) in [6, 6.07) is 7.28. The number of nitrogens with zero attached hydrogens (tertiary/aromatic N) is 1. The second-order valence-electron chi connectivity index (χ2n) is 2.86. The topological polar surface area (TPSA) is 59.9 Å². The van der Waals surface area contributed by atoms with Crippen molar-refractivity contribution in [2.75, 3.05) is 13.7 Å². The summed E-state index contributed by atoms with van der Waals surface area (Å²) in [4.78, 5) is 10.9. The molecule has 0 aliphatic carbocycles. The number of amides is 1. The lowest BCUT2D eigenvalue weighted by molar-refractivity contribution is 0.152. The molecule has 1 amide bonds. The van der Waals surface area contributed by atoms with Crippen molar-refractivity contribution < 1.29 is 14.3 Å². The molecular formula is C11H14N2O3. The summed E-state index contributed by atoms with van der Waals surface area (Å²) < 4.78 is 9.64. The Bertz CT molecular complexity index is 360. The van der Waals surface area contributed by atoms with Crippen molar-refractivity contribution in [3.63, 3.8) is 0 Å². The third kappa shape index (κ3) is 4.00. The first-order valence-electron chi connectivity index (χ1n) is 4.86. The Morgan fingerprint density at radius 1 is 1.44 bits per heavy atom. The highest BCUT2D eigenvalue weighted by Crippen LogP contribution is 2.09. The molecule has 0 aromatic heterocycles. The van der Waals surface area contributed by atoms with Gasteiger partial charge in [-0.25, -0.2) is 10.2 Å². The van der Waals surface area contributed by atoms with Gasteiger partial charge in [0.05, 0.1) is 19.9 Å². The molecule has 0 unspecified atom stereocenters. The Labute approximate surface area is 94.1 Å². The van der Waals surface area contributed by atoms with Crippen molar-refractivity contribution in [1.82, 2.24) is 5.43 Å². The minimum Gasteiger partial charge on any atom is -0.497 e. The molecule has 0 spiro atoms. The molecule has 0 heterocycles. The van der Waals surface area contributed by atoms with Gasteiger partial charge in [0.2, 0.25) is 0 Å². The van der Waals surface area contributed by atoms with E-state index >= 15 is 0 Å². The highest BCUT2D eigenvalue weighted by atomic mass is 16.5. The van der Waals surface area contributed by atoms with Gasteiger partial charge >= 0.3 is 6.09 Å². The maximum atomic E-state index is 10.9. The lowest BCUT2D eigenvalue weighted by atomic mass is 10.2. The Kier molecular flexibility index (Phi) is 4.85. The van der Waals surface area contributed by atoms with E-state index in [0.717, 1.165) is 11.3 Å². The molecule has 5 nitrogen and oxygen atoms in total. The van der Waals surface area contributed by atoms with Gasteiger partial charge in [-0.15, -0.1) is 0 Å². The highest BCUT2D eigenvalue weighted by Gasteiger charge is 1.95. The molecule has 0 aliphatic heterocycles. The monoisotopic (exact) mass is 222 g/mol. The van der Waals surface area contributed by atoms with Gasteiger partial charge < -0.3 is 9.47 Å². The van der Waals surface area contributed by atoms with Crippen LogP contribution in [0.3, 0.4) is 0 Å². The van der Waals surface area contributed by atoms with Crippen LogP contribution < -0.4 is 10.2 Å². The molecule has 1 aromatic carbocycles. The minimum absolute atomic E-state index is 0.323. The van der Waals surface area contributed by atoms with Gasteiger partial charge in [0.1, 0.15) is 5.75 Å². The van der Waals surface area contributed by atoms with E-state index in [-0.39, 0.29) is 0 Å². The maximum absolute atomic E-state index is 10.9. The molecule has 0 radical (unpaired) electrons. The summed E-state index contributed by atoms with van der Waals surface area (Å²) in [6.07, 6.45) is 0.961. The van der Waals surface area contributed by atoms with E-state index in [1.807, 2.05) is 24.3 Å². The van der Waals surface area contributed by atoms with Crippen LogP contribution in [0.1, 0.15) is 12.5 Å². The van der Waals surface area contributed by atoms with Crippen LogP contribution in [-0.2, 0) is 4.74 Å². The molecular weight excluding hydrogens is 208 g/mol. The van der Waals surface area contributed by atoms with Crippen molar-refractivity contribution in [2.45, 2.75) is 6.92 Å². The second-order valence-corrected chi connectivity index (χ2v) is 2.86. The van der Waals surface area contributed by atoms with E-state index in [2.05, 4.69) is 15.3 Å². The largest absolute Gasteiger partial charge is 0.497 e. The molecule has 0 bridgehead atoms. The lowest BCUT2D eigenvalue weighted by Gasteiger charge is -2.00. The van der Waals surface area contributed by atoms with Gasteiger partial charge in [-0.3, -0.25) is 0 Å². The smallest absolute Gasteiger partial charge is 0.427 e. The van der Waals surface area contributed by atoms with E-state index in [4.69, 9.17) is 4.74 Å². The number of rotatable bonds is 4. The van der Waals surface area contributed by atoms with E-state index < -0.39 is 6.09 Å². The zero-order valence-corrected chi connectivity index (χ0v) is 9.27. The fraction of sp³-hybridized carbons (Fsp3) is 0.273. The van der Waals surface area contributed by atoms with Gasteiger partial charge in [-0.1, -0.05) is 0 Å². The summed E-state index contributed by atoms with van der Waals surface area (Å²) >= 11 is 0. The number of hydrogen-bond acceptors (Lipinski definition) is 4. The first-order valence-corrected chi connectivity index (χ1v) is 4.86. The molecule has 1 rings (SSSR count). The van der Waals surface area contributed by atoms with Gasteiger partial charge in [0.15, 0.2) is 0 Å². The quantitative estimate of drug-likeness (QED) is 0.624. The highest BCUT2D eigenvalue weighted by molar-refractivity contribution is 5.80. The van der Waals surface area contributed by atoms with Crippen LogP contribution >= 0.6 is 0 Å². The fourth-order valence-corrected chi connectivity index (χ4v) is 1.01. The minimum atomic E-state index is -0.563. The van der Waals surface area contributed by atoms with Gasteiger partial charge in [0, 0.05) is 0 Å². The Morgan fingerprint density at radius 3 is 2.69 bits per heavy atom. The second kappa shape index (κ2) is 6.44. The summed E-state index contributed by atoms with van der Waals surface area (Å²) in [5.74, 6) is 0.774. The number of nitrogens with one attached hydrogen (secondary N) is 1. The maximum Gasteiger partial charge on any atom is 0.427 e. The zero-order valence-electron chi connectivity index (χ0n) is 9.27. The van der Waals surface area contributed by atoms with Gasteiger partial charge in [-0.05, 0) is 36.8 Å². The molecule has 5 heteroatoms. The van der Waals surface area contributed by atoms with Crippen LogP contribution in [-0.4, -0.2) is 26.0 Å². The van der Waals surface area contributed by atoms with E-state index in [0.29, 0.717) is 6.61 Å². The van der Waals surface area contributed by atoms with Crippen LogP contribution in [0.2, 0.25) is 0 Å². The Morgan fingerprint density at radius 2 is 2.12 bits per heavy atom. The van der Waals surface area contributed by atoms with Crippen LogP contribution in [0, 0.1) is 0 Å². The first-order chi connectivity index (χ1) is 7.76. The normalized spacial score (nSPS) is 10.1. The Balaban J connectivity index is 2.46. The van der Waals surface area contributed by atoms with Crippen molar-refractivity contribution in [3.05, 3.63) is 29.8 Å². The predicted molar refractivity (Wildman–Crippen MR) is 60.7 cm³/mol. The SMILES string of the molecule is CCOC(=O)N/N=C\c1ccc(OC)cc1. The van der Waals surface area contributed by atoms with Crippen molar-refractivity contribution in [3.8, 4) is 5.75 Å². The van der Waals surface area contributed by atoms with Gasteiger partial charge in [-0.2, -0.15) is 5.10 Å². The first kappa shape index (κ1) is 12.0. The van der Waals surface area contributed by atoms with Crippen molar-refractivity contribution in [1.29, 1.82) is 0 Å². The third-order valence-corrected chi connectivity index (χ3v) is 1.76. The van der Waals surface area contributed by atoms with Crippen LogP contribution in [0.5, 0.6) is 5.75 Å². The van der Waals surface area contributed by atoms with Crippen LogP contribution in [0.4, 0.5) is 4.79 Å². The molecule has 86 valence electrons. The molecule has 0 atom stereocenters. The van der Waals surface area contributed by atoms with Crippen LogP contribution in [0.15, 0.2) is 29.4 Å². The molecule has 0 fully saturated rings. The number of hydrogen-bond donors (Lipinski definition) is 1. The summed E-state index contributed by atoms with van der Waals surface area (Å²) in [5.41, 5.74) is 3.10. The van der Waals surface area contributed by atoms with E-state index in [9.17, 15) is 4.79 Å². The fourth-order valence-electron chi connectivity index (χ4n) is 1.01. The number of benzene rings is 1. The Hall–Kier alpha value is -2.04. The summed E-state index contributed by atoms with van der Waals surface area (Å²) in [5, 5.41) is 3.73. The molecule has 1 aromatic rings. The van der Waals surface area contributed by atoms with Crippen LogP contribution in [0.25, 0.3) is 0 Å². The van der Waals surface area contributed by atoms with E-state index in [1.54, 1.807) is 14.0 Å². The standard InChI is InChI=1S/C11H14N2O3/c1-3-16-11(14)13-12-8-9-4-6-10(15-2)7-5-9/h4-8H,3H2,1-2H3,(H,13,14)/b12-8-. The zero-order chi connectivity index (χ0) is 11.8. The number of hydrazone groups is 1. The summed E-state index contributed by atoms with van der Waals surface area (Å²) in [7, 11) is 1.60. The number of methoxy groups -OCH3 is 1. The van der Waals surface area contributed by atoms with E-state index in [1.165, 1.54) is 6.21 Å². The molecule has 0 saturated carbocycles. The number of carbonyl (C=O) groups is 1. The average molecular weight is 222 g/mol. The molecule has 0 saturated heterocycles. The predicted octanol–water partition coefficient (Wildman–Crippen LogP) is 1.78. The molecule has 1 N–H and O–H groups in total. The summed E-state index contributed by atoms with van der Waals surface area (Å²) in [6.45, 7) is 2.05. The lowest BCUT2D eigenvalue weighted by Crippen LogP contribution is -2.18. The number of ether oxygens (including phenoxy) is 2. The third-order valence-electron chi connectivity index (χ3n) is 1.76.